The number of carbonyl (C=O) groups is 3. The number of benzene rings is 1. The maximum atomic E-state index is 14.5. The number of cyclic esters (lactones) is 1. The van der Waals surface area contributed by atoms with Gasteiger partial charge in [-0.05, 0) is 99.5 Å². The number of aliphatic hydroxyl groups is 1. The largest absolute Gasteiger partial charge is 0.460 e. The Bertz CT molecular complexity index is 1420. The quantitative estimate of drug-likeness (QED) is 0.288. The Labute approximate surface area is 324 Å². The number of methoxy groups -OCH3 is 1. The van der Waals surface area contributed by atoms with Crippen molar-refractivity contribution < 1.29 is 38.4 Å². The number of piperazine rings is 1. The molecule has 1 N–H and O–H groups in total. The molecule has 0 saturated carbocycles. The van der Waals surface area contributed by atoms with Crippen molar-refractivity contribution in [3.05, 3.63) is 35.4 Å². The average Bonchev–Trinajstić information content (AvgIpc) is 3.12. The van der Waals surface area contributed by atoms with E-state index in [1.807, 2.05) is 75.9 Å². The smallest absolute Gasteiger partial charge is 0.319 e. The van der Waals surface area contributed by atoms with Gasteiger partial charge in [-0.3, -0.25) is 24.2 Å². The first-order valence-electron chi connectivity index (χ1n) is 20.1. The number of likely N-dealkylation sites (N-methyl/N-ethyl adjacent to an activating group) is 1. The highest BCUT2D eigenvalue weighted by molar-refractivity contribution is 6.04. The molecule has 0 bridgehead atoms. The molecular formula is C42H70N4O8. The molecule has 0 spiro atoms. The molecule has 1 aromatic carbocycles. The number of esters is 1. The second kappa shape index (κ2) is 18.7. The summed E-state index contributed by atoms with van der Waals surface area (Å²) in [5, 5.41) is 11.5. The van der Waals surface area contributed by atoms with Gasteiger partial charge in [-0.15, -0.1) is 0 Å². The minimum Gasteiger partial charge on any atom is -0.460 e. The van der Waals surface area contributed by atoms with Crippen LogP contribution in [0.5, 0.6) is 0 Å². The molecule has 10 atom stereocenters. The van der Waals surface area contributed by atoms with E-state index < -0.39 is 47.5 Å². The van der Waals surface area contributed by atoms with Gasteiger partial charge in [0.15, 0.2) is 12.1 Å². The molecule has 0 radical (unpaired) electrons. The molecule has 54 heavy (non-hydrogen) atoms. The van der Waals surface area contributed by atoms with Gasteiger partial charge >= 0.3 is 5.97 Å². The van der Waals surface area contributed by atoms with Gasteiger partial charge in [-0.1, -0.05) is 38.5 Å². The number of rotatable bonds is 9. The Hall–Kier alpha value is -2.45. The highest BCUT2D eigenvalue weighted by Gasteiger charge is 2.52. The van der Waals surface area contributed by atoms with E-state index in [0.29, 0.717) is 57.7 Å². The van der Waals surface area contributed by atoms with Gasteiger partial charge < -0.3 is 33.9 Å². The molecule has 3 heterocycles. The van der Waals surface area contributed by atoms with Crippen LogP contribution in [-0.4, -0.2) is 158 Å². The molecule has 10 unspecified atom stereocenters. The zero-order valence-corrected chi connectivity index (χ0v) is 35.2. The van der Waals surface area contributed by atoms with Crippen LogP contribution in [0.4, 0.5) is 0 Å². The highest BCUT2D eigenvalue weighted by Crippen LogP contribution is 2.38. The molecule has 0 aliphatic carbocycles. The second-order valence-electron chi connectivity index (χ2n) is 17.4. The summed E-state index contributed by atoms with van der Waals surface area (Å²) in [4.78, 5) is 50.6. The molecule has 4 rings (SSSR count). The number of ether oxygens (including phenoxy) is 4. The fourth-order valence-electron chi connectivity index (χ4n) is 8.86. The van der Waals surface area contributed by atoms with E-state index in [4.69, 9.17) is 18.9 Å². The molecule has 3 aliphatic rings. The first-order chi connectivity index (χ1) is 25.3. The molecule has 306 valence electrons. The lowest BCUT2D eigenvalue weighted by atomic mass is 9.74. The Kier molecular flexibility index (Phi) is 15.3. The summed E-state index contributed by atoms with van der Waals surface area (Å²) in [6, 6.07) is 7.37. The number of carbonyl (C=O) groups excluding carboxylic acids is 3. The molecule has 3 aliphatic heterocycles. The van der Waals surface area contributed by atoms with Crippen LogP contribution < -0.4 is 0 Å². The van der Waals surface area contributed by atoms with E-state index in [1.165, 1.54) is 0 Å². The lowest BCUT2D eigenvalue weighted by molar-refractivity contribution is -0.295. The van der Waals surface area contributed by atoms with Gasteiger partial charge in [0.25, 0.3) is 5.91 Å². The molecular weight excluding hydrogens is 688 g/mol. The lowest BCUT2D eigenvalue weighted by Gasteiger charge is -2.47. The predicted octanol–water partition coefficient (Wildman–Crippen LogP) is 4.25. The van der Waals surface area contributed by atoms with Gasteiger partial charge in [0.05, 0.1) is 23.9 Å². The van der Waals surface area contributed by atoms with Crippen LogP contribution in [0.25, 0.3) is 0 Å². The molecule has 12 nitrogen and oxygen atoms in total. The maximum Gasteiger partial charge on any atom is 0.319 e. The van der Waals surface area contributed by atoms with Gasteiger partial charge in [-0.2, -0.15) is 0 Å². The Morgan fingerprint density at radius 1 is 1.06 bits per heavy atom. The van der Waals surface area contributed by atoms with E-state index in [1.54, 1.807) is 27.9 Å². The van der Waals surface area contributed by atoms with Gasteiger partial charge in [0, 0.05) is 63.9 Å². The highest BCUT2D eigenvalue weighted by atomic mass is 16.7. The standard InChI is InChI=1S/C42H70N4O8/c1-13-17-46-25-28(3)24-42(9,51-12)37(54-39-35(47)33(43(10)11)23-29(4)52-39)30(5)36(48)41(7,8)40(50)53-31(6)34(46)26-44-18-20-45(21-19-44)38(49)32-16-14-15-27(2)22-32/h14-16,22,28-31,33-35,37,39,47H,13,17-21,23-26H2,1-12H3. The van der Waals surface area contributed by atoms with E-state index in [9.17, 15) is 19.5 Å². The minimum atomic E-state index is -1.49. The number of hydrogen-bond donors (Lipinski definition) is 1. The van der Waals surface area contributed by atoms with E-state index in [-0.39, 0.29) is 35.8 Å². The summed E-state index contributed by atoms with van der Waals surface area (Å²) in [5.74, 6) is -1.57. The van der Waals surface area contributed by atoms with E-state index in [0.717, 1.165) is 18.5 Å². The van der Waals surface area contributed by atoms with Crippen LogP contribution in [0.15, 0.2) is 24.3 Å². The van der Waals surface area contributed by atoms with Crippen LogP contribution in [0.3, 0.4) is 0 Å². The number of amides is 1. The first-order valence-corrected chi connectivity index (χ1v) is 20.1. The lowest BCUT2D eigenvalue weighted by Crippen LogP contribution is -2.59. The summed E-state index contributed by atoms with van der Waals surface area (Å²) in [6.07, 6.45) is -1.39. The van der Waals surface area contributed by atoms with Crippen LogP contribution in [0.1, 0.15) is 90.6 Å². The maximum absolute atomic E-state index is 14.5. The number of aliphatic hydroxyl groups excluding tert-OH is 1. The summed E-state index contributed by atoms with van der Waals surface area (Å²) in [5.41, 5.74) is -0.695. The topological polar surface area (TPSA) is 121 Å². The van der Waals surface area contributed by atoms with E-state index >= 15 is 0 Å². The third-order valence-corrected chi connectivity index (χ3v) is 12.1. The van der Waals surface area contributed by atoms with Crippen molar-refractivity contribution in [2.24, 2.45) is 17.3 Å². The summed E-state index contributed by atoms with van der Waals surface area (Å²) in [7, 11) is 5.49. The van der Waals surface area contributed by atoms with Crippen molar-refractivity contribution in [1.29, 1.82) is 0 Å². The minimum absolute atomic E-state index is 0.0466. The summed E-state index contributed by atoms with van der Waals surface area (Å²) in [6.45, 7) is 22.0. The number of nitrogens with zero attached hydrogens (tertiary/aromatic N) is 4. The number of ketones is 1. The van der Waals surface area contributed by atoms with Crippen LogP contribution in [0.2, 0.25) is 0 Å². The third-order valence-electron chi connectivity index (χ3n) is 12.1. The second-order valence-corrected chi connectivity index (χ2v) is 17.4. The normalized spacial score (nSPS) is 35.2. The Morgan fingerprint density at radius 2 is 1.72 bits per heavy atom. The third kappa shape index (κ3) is 10.3. The molecule has 3 fully saturated rings. The van der Waals surface area contributed by atoms with Crippen LogP contribution in [-0.2, 0) is 28.5 Å². The van der Waals surface area contributed by atoms with Gasteiger partial charge in [0.2, 0.25) is 0 Å². The summed E-state index contributed by atoms with van der Waals surface area (Å²) >= 11 is 0. The zero-order valence-electron chi connectivity index (χ0n) is 35.2. The average molecular weight is 759 g/mol. The van der Waals surface area contributed by atoms with Crippen molar-refractivity contribution in [1.82, 2.24) is 19.6 Å². The fraction of sp³-hybridized carbons (Fsp3) is 0.786. The predicted molar refractivity (Wildman–Crippen MR) is 209 cm³/mol. The Morgan fingerprint density at radius 3 is 2.31 bits per heavy atom. The molecule has 1 amide bonds. The molecule has 0 aromatic heterocycles. The summed E-state index contributed by atoms with van der Waals surface area (Å²) < 4.78 is 25.5. The van der Waals surface area contributed by atoms with E-state index in [2.05, 4.69) is 23.6 Å². The van der Waals surface area contributed by atoms with Crippen molar-refractivity contribution in [3.63, 3.8) is 0 Å². The molecule has 3 saturated heterocycles. The first kappa shape index (κ1) is 44.3. The van der Waals surface area contributed by atoms with Crippen molar-refractivity contribution >= 4 is 17.7 Å². The van der Waals surface area contributed by atoms with Gasteiger partial charge in [0.1, 0.15) is 17.6 Å². The van der Waals surface area contributed by atoms with Crippen LogP contribution in [0, 0.1) is 24.2 Å². The Balaban J connectivity index is 1.62. The van der Waals surface area contributed by atoms with Crippen LogP contribution >= 0.6 is 0 Å². The fourth-order valence-corrected chi connectivity index (χ4v) is 8.86. The number of Topliss-reactive ketones (excluding diaryl/α,β-unsaturated/α-hetero) is 1. The van der Waals surface area contributed by atoms with Gasteiger partial charge in [-0.25, -0.2) is 0 Å². The van der Waals surface area contributed by atoms with Crippen molar-refractivity contribution in [2.45, 2.75) is 130 Å². The monoisotopic (exact) mass is 759 g/mol. The van der Waals surface area contributed by atoms with Crippen molar-refractivity contribution in [2.75, 3.05) is 67.0 Å². The van der Waals surface area contributed by atoms with Crippen molar-refractivity contribution in [3.8, 4) is 0 Å². The number of hydrogen-bond acceptors (Lipinski definition) is 11. The molecule has 1 aromatic rings. The number of aryl methyl sites for hydroxylation is 1. The zero-order chi connectivity index (χ0) is 40.1. The molecule has 12 heteroatoms. The SMILES string of the molecule is CCCN1CC(C)CC(C)(OC)C(OC2OC(C)CC(N(C)C)C2O)C(C)C(=O)C(C)(C)C(=O)OC(C)C1CN1CCN(C(=O)c2cccc(C)c2)CC1.